The number of phenols is 1. The first-order valence-corrected chi connectivity index (χ1v) is 12.4. The molecule has 1 spiro atoms. The van der Waals surface area contributed by atoms with Crippen LogP contribution in [0.1, 0.15) is 49.7 Å². The standard InChI is InChI=1S/C27H29N3O4/c31-18-13-11-16(12-14-18)15-21-22-23(25(33)30(24(22)32)17-7-3-1-2-4-8-17)27(29-21)19-9-5-6-10-20(19)28-26(27)34/h5-6,9-14,17,21-23,29,31H,1-4,7-8,15H2,(H,28,34)/p+1/t21-,22+,23-,27-/m0/s1. The lowest BCUT2D eigenvalue weighted by Gasteiger charge is -2.30. The molecule has 1 aliphatic carbocycles. The fraction of sp³-hybridized carbons (Fsp3) is 0.444. The molecular weight excluding hydrogens is 430 g/mol. The van der Waals surface area contributed by atoms with Crippen LogP contribution in [0.2, 0.25) is 0 Å². The molecule has 0 unspecified atom stereocenters. The van der Waals surface area contributed by atoms with E-state index in [-0.39, 0.29) is 35.6 Å². The minimum Gasteiger partial charge on any atom is -0.508 e. The summed E-state index contributed by atoms with van der Waals surface area (Å²) in [4.78, 5) is 43.1. The van der Waals surface area contributed by atoms with Crippen molar-refractivity contribution in [3.8, 4) is 5.75 Å². The van der Waals surface area contributed by atoms with Gasteiger partial charge in [0.05, 0.1) is 5.69 Å². The van der Waals surface area contributed by atoms with Crippen molar-refractivity contribution in [2.24, 2.45) is 11.8 Å². The van der Waals surface area contributed by atoms with E-state index in [2.05, 4.69) is 5.32 Å². The highest BCUT2D eigenvalue weighted by atomic mass is 16.3. The van der Waals surface area contributed by atoms with E-state index in [4.69, 9.17) is 0 Å². The van der Waals surface area contributed by atoms with E-state index in [0.717, 1.165) is 55.3 Å². The van der Waals surface area contributed by atoms with E-state index in [9.17, 15) is 19.5 Å². The van der Waals surface area contributed by atoms with Crippen LogP contribution in [0.4, 0.5) is 5.69 Å². The summed E-state index contributed by atoms with van der Waals surface area (Å²) >= 11 is 0. The molecule has 7 nitrogen and oxygen atoms in total. The number of likely N-dealkylation sites (tertiary alicyclic amines) is 1. The lowest BCUT2D eigenvalue weighted by Crippen LogP contribution is -2.99. The van der Waals surface area contributed by atoms with Crippen molar-refractivity contribution >= 4 is 23.4 Å². The summed E-state index contributed by atoms with van der Waals surface area (Å²) in [7, 11) is 0. The van der Waals surface area contributed by atoms with E-state index in [1.165, 1.54) is 0 Å². The molecule has 2 saturated heterocycles. The van der Waals surface area contributed by atoms with Gasteiger partial charge in [0, 0.05) is 18.0 Å². The van der Waals surface area contributed by atoms with Gasteiger partial charge >= 0.3 is 0 Å². The van der Waals surface area contributed by atoms with Gasteiger partial charge in [-0.15, -0.1) is 0 Å². The average molecular weight is 461 g/mol. The van der Waals surface area contributed by atoms with Gasteiger partial charge in [0.2, 0.25) is 17.4 Å². The number of anilines is 1. The topological polar surface area (TPSA) is 103 Å². The second kappa shape index (κ2) is 7.94. The Labute approximate surface area is 198 Å². The van der Waals surface area contributed by atoms with Crippen molar-refractivity contribution in [1.29, 1.82) is 0 Å². The number of hydrogen-bond donors (Lipinski definition) is 3. The quantitative estimate of drug-likeness (QED) is 0.482. The average Bonchev–Trinajstić information content (AvgIpc) is 3.29. The molecule has 4 atom stereocenters. The molecule has 7 heteroatoms. The third kappa shape index (κ3) is 3.03. The third-order valence-electron chi connectivity index (χ3n) is 8.41. The smallest absolute Gasteiger partial charge is 0.291 e. The number of benzene rings is 2. The molecule has 3 heterocycles. The van der Waals surface area contributed by atoms with Crippen LogP contribution in [0.3, 0.4) is 0 Å². The zero-order chi connectivity index (χ0) is 23.4. The number of para-hydroxylation sites is 1. The van der Waals surface area contributed by atoms with Gasteiger partial charge in [0.1, 0.15) is 23.6 Å². The Hall–Kier alpha value is -3.19. The van der Waals surface area contributed by atoms with E-state index in [1.807, 2.05) is 41.7 Å². The number of phenolic OH excluding ortho intramolecular Hbond substituents is 1. The van der Waals surface area contributed by atoms with Crippen molar-refractivity contribution in [3.05, 3.63) is 59.7 Å². The number of carbonyl (C=O) groups is 3. The molecule has 0 radical (unpaired) electrons. The Balaban J connectivity index is 1.44. The fourth-order valence-corrected chi connectivity index (χ4v) is 6.91. The highest BCUT2D eigenvalue weighted by Crippen LogP contribution is 2.50. The van der Waals surface area contributed by atoms with Crippen LogP contribution < -0.4 is 10.6 Å². The van der Waals surface area contributed by atoms with Crippen LogP contribution in [-0.2, 0) is 26.3 Å². The minimum atomic E-state index is -1.13. The van der Waals surface area contributed by atoms with Gasteiger partial charge in [-0.2, -0.15) is 0 Å². The summed E-state index contributed by atoms with van der Waals surface area (Å²) in [6.45, 7) is 0. The number of imide groups is 1. The highest BCUT2D eigenvalue weighted by molar-refractivity contribution is 6.14. The maximum atomic E-state index is 14.0. The van der Waals surface area contributed by atoms with Crippen molar-refractivity contribution in [1.82, 2.24) is 4.90 Å². The summed E-state index contributed by atoms with van der Waals surface area (Å²) in [6, 6.07) is 14.2. The largest absolute Gasteiger partial charge is 0.508 e. The number of rotatable bonds is 3. The maximum absolute atomic E-state index is 14.0. The fourth-order valence-electron chi connectivity index (χ4n) is 6.91. The van der Waals surface area contributed by atoms with Crippen LogP contribution >= 0.6 is 0 Å². The van der Waals surface area contributed by atoms with E-state index >= 15 is 0 Å². The van der Waals surface area contributed by atoms with Gasteiger partial charge in [-0.05, 0) is 36.6 Å². The predicted octanol–water partition coefficient (Wildman–Crippen LogP) is 2.05. The number of fused-ring (bicyclic) bond motifs is 4. The van der Waals surface area contributed by atoms with Crippen LogP contribution in [-0.4, -0.2) is 39.8 Å². The Kier molecular flexibility index (Phi) is 4.99. The lowest BCUT2D eigenvalue weighted by atomic mass is 9.76. The van der Waals surface area contributed by atoms with Crippen LogP contribution in [0.15, 0.2) is 48.5 Å². The predicted molar refractivity (Wildman–Crippen MR) is 125 cm³/mol. The number of carbonyl (C=O) groups excluding carboxylic acids is 3. The molecule has 2 aromatic rings. The molecule has 4 aliphatic rings. The number of amides is 3. The molecule has 0 aromatic heterocycles. The molecule has 3 aliphatic heterocycles. The van der Waals surface area contributed by atoms with Gasteiger partial charge < -0.3 is 15.7 Å². The number of quaternary nitrogens is 1. The van der Waals surface area contributed by atoms with E-state index in [0.29, 0.717) is 6.42 Å². The number of nitrogens with one attached hydrogen (secondary N) is 1. The first-order valence-electron chi connectivity index (χ1n) is 12.4. The summed E-state index contributed by atoms with van der Waals surface area (Å²) in [5.41, 5.74) is 1.36. The van der Waals surface area contributed by atoms with Crippen LogP contribution in [0.25, 0.3) is 0 Å². The third-order valence-corrected chi connectivity index (χ3v) is 8.41. The minimum absolute atomic E-state index is 0.0702. The molecule has 176 valence electrons. The Bertz CT molecular complexity index is 1150. The van der Waals surface area contributed by atoms with E-state index in [1.54, 1.807) is 17.0 Å². The highest BCUT2D eigenvalue weighted by Gasteiger charge is 2.74. The maximum Gasteiger partial charge on any atom is 0.291 e. The summed E-state index contributed by atoms with van der Waals surface area (Å²) in [5.74, 6) is -1.59. The normalized spacial score (nSPS) is 31.0. The zero-order valence-corrected chi connectivity index (χ0v) is 19.1. The molecular formula is C27H30N3O4+. The Morgan fingerprint density at radius 3 is 2.38 bits per heavy atom. The molecule has 0 bridgehead atoms. The lowest BCUT2D eigenvalue weighted by molar-refractivity contribution is -0.733. The molecule has 3 amide bonds. The number of nitrogens with zero attached hydrogens (tertiary/aromatic N) is 1. The molecule has 34 heavy (non-hydrogen) atoms. The molecule has 3 fully saturated rings. The first kappa shape index (κ1) is 21.4. The molecule has 1 saturated carbocycles. The van der Waals surface area contributed by atoms with Crippen LogP contribution in [0.5, 0.6) is 5.75 Å². The Morgan fingerprint density at radius 1 is 0.941 bits per heavy atom. The number of aromatic hydroxyl groups is 1. The number of hydrogen-bond acceptors (Lipinski definition) is 4. The van der Waals surface area contributed by atoms with Gasteiger partial charge in [-0.3, -0.25) is 19.3 Å². The first-order chi connectivity index (χ1) is 16.5. The summed E-state index contributed by atoms with van der Waals surface area (Å²) < 4.78 is 0. The van der Waals surface area contributed by atoms with Crippen molar-refractivity contribution in [2.75, 3.05) is 5.32 Å². The molecule has 2 aromatic carbocycles. The van der Waals surface area contributed by atoms with Gasteiger partial charge in [-0.25, -0.2) is 0 Å². The van der Waals surface area contributed by atoms with Gasteiger partial charge in [0.15, 0.2) is 0 Å². The number of nitrogens with two attached hydrogens (primary N) is 1. The van der Waals surface area contributed by atoms with Crippen molar-refractivity contribution in [3.63, 3.8) is 0 Å². The zero-order valence-electron chi connectivity index (χ0n) is 19.1. The Morgan fingerprint density at radius 2 is 1.65 bits per heavy atom. The molecule has 6 rings (SSSR count). The van der Waals surface area contributed by atoms with Crippen molar-refractivity contribution in [2.45, 2.75) is 62.6 Å². The van der Waals surface area contributed by atoms with Crippen LogP contribution in [0, 0.1) is 11.8 Å². The van der Waals surface area contributed by atoms with E-state index < -0.39 is 17.4 Å². The SMILES string of the molecule is O=C1[C@@H]2[C@H](Cc3ccc(O)cc3)[NH2+][C@]3(C(=O)Nc4ccccc43)[C@@H]2C(=O)N1C1CCCCCC1. The second-order valence-corrected chi connectivity index (χ2v) is 10.3. The van der Waals surface area contributed by atoms with Gasteiger partial charge in [0.25, 0.3) is 5.91 Å². The molecule has 4 N–H and O–H groups in total. The summed E-state index contributed by atoms with van der Waals surface area (Å²) in [5, 5.41) is 14.7. The van der Waals surface area contributed by atoms with Crippen molar-refractivity contribution < 1.29 is 24.8 Å². The van der Waals surface area contributed by atoms with Gasteiger partial charge in [-0.1, -0.05) is 56.0 Å². The second-order valence-electron chi connectivity index (χ2n) is 10.3. The summed E-state index contributed by atoms with van der Waals surface area (Å²) in [6.07, 6.45) is 6.55. The monoisotopic (exact) mass is 460 g/mol.